The molecule has 1 aliphatic carbocycles. The number of aliphatic carboxylic acids is 1. The fourth-order valence-corrected chi connectivity index (χ4v) is 1.45. The Hall–Kier alpha value is -0.760. The summed E-state index contributed by atoms with van der Waals surface area (Å²) in [5, 5.41) is 8.78. The molecule has 3 heteroatoms. The number of allylic oxidation sites excluding steroid dienone is 4. The normalized spacial score (nSPS) is 28.4. The van der Waals surface area contributed by atoms with Gasteiger partial charge in [0.1, 0.15) is 0 Å². The van der Waals surface area contributed by atoms with Gasteiger partial charge in [0, 0.05) is 11.8 Å². The van der Waals surface area contributed by atoms with Crippen molar-refractivity contribution < 1.29 is 9.90 Å². The summed E-state index contributed by atoms with van der Waals surface area (Å²) in [5.41, 5.74) is 0. The second-order valence-electron chi connectivity index (χ2n) is 2.77. The van der Waals surface area contributed by atoms with Crippen LogP contribution in [0, 0.1) is 11.8 Å². The van der Waals surface area contributed by atoms with E-state index < -0.39 is 5.97 Å². The van der Waals surface area contributed by atoms with Crippen LogP contribution in [-0.4, -0.2) is 17.0 Å². The highest BCUT2D eigenvalue weighted by Gasteiger charge is 2.26. The minimum Gasteiger partial charge on any atom is -0.481 e. The molecule has 0 saturated carbocycles. The van der Waals surface area contributed by atoms with Crippen LogP contribution >= 0.6 is 11.6 Å². The zero-order valence-electron chi connectivity index (χ0n) is 6.61. The molecule has 0 radical (unpaired) electrons. The van der Waals surface area contributed by atoms with E-state index in [-0.39, 0.29) is 11.8 Å². The molecule has 0 heterocycles. The first-order chi connectivity index (χ1) is 5.75. The van der Waals surface area contributed by atoms with Gasteiger partial charge in [-0.15, -0.1) is 11.6 Å². The van der Waals surface area contributed by atoms with E-state index in [0.717, 1.165) is 0 Å². The quantitative estimate of drug-likeness (QED) is 0.541. The van der Waals surface area contributed by atoms with Crippen LogP contribution in [0.15, 0.2) is 24.3 Å². The molecule has 0 spiro atoms. The summed E-state index contributed by atoms with van der Waals surface area (Å²) >= 11 is 5.45. The number of hydrogen-bond donors (Lipinski definition) is 1. The highest BCUT2D eigenvalue weighted by molar-refractivity contribution is 6.18. The minimum atomic E-state index is -0.732. The van der Waals surface area contributed by atoms with Crippen molar-refractivity contribution in [3.05, 3.63) is 24.3 Å². The summed E-state index contributed by atoms with van der Waals surface area (Å²) < 4.78 is 0. The van der Waals surface area contributed by atoms with Crippen LogP contribution in [0.5, 0.6) is 0 Å². The maximum absolute atomic E-state index is 10.7. The summed E-state index contributed by atoms with van der Waals surface area (Å²) in [4.78, 5) is 10.7. The summed E-state index contributed by atoms with van der Waals surface area (Å²) in [6.45, 7) is 0. The van der Waals surface area contributed by atoms with Crippen molar-refractivity contribution in [1.29, 1.82) is 0 Å². The molecule has 0 aromatic carbocycles. The Morgan fingerprint density at radius 1 is 1.75 bits per heavy atom. The molecule has 0 aromatic heterocycles. The Balaban J connectivity index is 2.57. The Kier molecular flexibility index (Phi) is 3.35. The molecule has 0 amide bonds. The van der Waals surface area contributed by atoms with Gasteiger partial charge in [-0.3, -0.25) is 4.79 Å². The Labute approximate surface area is 76.5 Å². The van der Waals surface area contributed by atoms with Gasteiger partial charge in [-0.25, -0.2) is 0 Å². The number of halogens is 1. The predicted octanol–water partition coefficient (Wildman–Crippen LogP) is 2.06. The summed E-state index contributed by atoms with van der Waals surface area (Å²) in [7, 11) is 0. The summed E-state index contributed by atoms with van der Waals surface area (Å²) in [5.74, 6) is -0.550. The molecule has 1 rings (SSSR count). The Morgan fingerprint density at radius 3 is 3.08 bits per heavy atom. The van der Waals surface area contributed by atoms with E-state index in [4.69, 9.17) is 16.7 Å². The van der Waals surface area contributed by atoms with Gasteiger partial charge < -0.3 is 5.11 Å². The summed E-state index contributed by atoms with van der Waals surface area (Å²) in [6, 6.07) is 0. The second-order valence-corrected chi connectivity index (χ2v) is 3.08. The lowest BCUT2D eigenvalue weighted by molar-refractivity contribution is -0.142. The molecule has 0 bridgehead atoms. The van der Waals surface area contributed by atoms with Crippen molar-refractivity contribution in [1.82, 2.24) is 0 Å². The zero-order valence-corrected chi connectivity index (χ0v) is 7.37. The van der Waals surface area contributed by atoms with E-state index in [2.05, 4.69) is 0 Å². The second kappa shape index (κ2) is 4.31. The van der Waals surface area contributed by atoms with Crippen LogP contribution in [0.25, 0.3) is 0 Å². The largest absolute Gasteiger partial charge is 0.481 e. The number of carboxylic acid groups (broad SMARTS) is 1. The van der Waals surface area contributed by atoms with E-state index >= 15 is 0 Å². The van der Waals surface area contributed by atoms with Crippen LogP contribution in [0.2, 0.25) is 0 Å². The molecular formula is C9H11ClO2. The topological polar surface area (TPSA) is 37.3 Å². The molecule has 1 N–H and O–H groups in total. The molecule has 0 aromatic rings. The van der Waals surface area contributed by atoms with Gasteiger partial charge in [0.25, 0.3) is 0 Å². The molecular weight excluding hydrogens is 176 g/mol. The number of hydrogen-bond acceptors (Lipinski definition) is 1. The molecule has 66 valence electrons. The van der Waals surface area contributed by atoms with Gasteiger partial charge in [-0.2, -0.15) is 0 Å². The highest BCUT2D eigenvalue weighted by atomic mass is 35.5. The van der Waals surface area contributed by atoms with Crippen molar-refractivity contribution in [2.24, 2.45) is 11.8 Å². The molecule has 0 aliphatic heterocycles. The van der Waals surface area contributed by atoms with E-state index in [1.807, 2.05) is 18.2 Å². The SMILES string of the molecule is O=C(O)C1CC=CC1C=CCCl. The van der Waals surface area contributed by atoms with Crippen molar-refractivity contribution in [2.45, 2.75) is 6.42 Å². The van der Waals surface area contributed by atoms with E-state index in [9.17, 15) is 4.79 Å². The standard InChI is InChI=1S/C9H11ClO2/c10-6-2-4-7-3-1-5-8(7)9(11)12/h1-4,7-8H,5-6H2,(H,11,12). The maximum atomic E-state index is 10.7. The Bertz CT molecular complexity index is 221. The van der Waals surface area contributed by atoms with Crippen LogP contribution < -0.4 is 0 Å². The van der Waals surface area contributed by atoms with E-state index in [0.29, 0.717) is 12.3 Å². The average molecular weight is 187 g/mol. The molecule has 2 unspecified atom stereocenters. The molecule has 0 saturated heterocycles. The van der Waals surface area contributed by atoms with Gasteiger partial charge in [-0.05, 0) is 6.42 Å². The van der Waals surface area contributed by atoms with Gasteiger partial charge >= 0.3 is 5.97 Å². The number of alkyl halides is 1. The van der Waals surface area contributed by atoms with E-state index in [1.165, 1.54) is 0 Å². The predicted molar refractivity (Wildman–Crippen MR) is 48.2 cm³/mol. The first kappa shape index (κ1) is 9.33. The van der Waals surface area contributed by atoms with Crippen LogP contribution in [0.1, 0.15) is 6.42 Å². The lowest BCUT2D eigenvalue weighted by atomic mass is 9.95. The number of carbonyl (C=O) groups is 1. The molecule has 1 aliphatic rings. The molecule has 0 fully saturated rings. The van der Waals surface area contributed by atoms with Crippen LogP contribution in [0.4, 0.5) is 0 Å². The van der Waals surface area contributed by atoms with E-state index in [1.54, 1.807) is 6.08 Å². The van der Waals surface area contributed by atoms with Gasteiger partial charge in [0.15, 0.2) is 0 Å². The molecule has 12 heavy (non-hydrogen) atoms. The average Bonchev–Trinajstić information content (AvgIpc) is 2.48. The maximum Gasteiger partial charge on any atom is 0.307 e. The third-order valence-corrected chi connectivity index (χ3v) is 2.16. The lowest BCUT2D eigenvalue weighted by Gasteiger charge is -2.09. The van der Waals surface area contributed by atoms with Crippen LogP contribution in [0.3, 0.4) is 0 Å². The Morgan fingerprint density at radius 2 is 2.50 bits per heavy atom. The minimum absolute atomic E-state index is 0.0289. The third kappa shape index (κ3) is 2.11. The van der Waals surface area contributed by atoms with Crippen molar-refractivity contribution in [3.63, 3.8) is 0 Å². The summed E-state index contributed by atoms with van der Waals surface area (Å²) in [6.07, 6.45) is 8.10. The first-order valence-corrected chi connectivity index (χ1v) is 4.41. The first-order valence-electron chi connectivity index (χ1n) is 3.88. The van der Waals surface area contributed by atoms with Gasteiger partial charge in [-0.1, -0.05) is 24.3 Å². The molecule has 2 atom stereocenters. The smallest absolute Gasteiger partial charge is 0.307 e. The zero-order chi connectivity index (χ0) is 8.97. The van der Waals surface area contributed by atoms with Gasteiger partial charge in [0.2, 0.25) is 0 Å². The fourth-order valence-electron chi connectivity index (χ4n) is 1.35. The third-order valence-electron chi connectivity index (χ3n) is 1.98. The van der Waals surface area contributed by atoms with Crippen molar-refractivity contribution >= 4 is 17.6 Å². The number of rotatable bonds is 3. The van der Waals surface area contributed by atoms with Crippen molar-refractivity contribution in [3.8, 4) is 0 Å². The number of carboxylic acids is 1. The van der Waals surface area contributed by atoms with Crippen molar-refractivity contribution in [2.75, 3.05) is 5.88 Å². The lowest BCUT2D eigenvalue weighted by Crippen LogP contribution is -2.16. The molecule has 2 nitrogen and oxygen atoms in total. The highest BCUT2D eigenvalue weighted by Crippen LogP contribution is 2.26. The monoisotopic (exact) mass is 186 g/mol. The van der Waals surface area contributed by atoms with Gasteiger partial charge in [0.05, 0.1) is 5.92 Å². The fraction of sp³-hybridized carbons (Fsp3) is 0.444. The van der Waals surface area contributed by atoms with Crippen LogP contribution in [-0.2, 0) is 4.79 Å².